The molecule has 0 amide bonds. The van der Waals surface area contributed by atoms with Gasteiger partial charge in [0, 0.05) is 12.1 Å². The lowest BCUT2D eigenvalue weighted by Crippen LogP contribution is -1.65. The molecule has 0 aliphatic carbocycles. The zero-order valence-corrected chi connectivity index (χ0v) is 5.27. The normalized spacial score (nSPS) is 10.2. The highest BCUT2D eigenvalue weighted by atomic mass is 32.1. The highest BCUT2D eigenvalue weighted by Gasteiger charge is 1.92. The monoisotopic (exact) mass is 134 g/mol. The lowest BCUT2D eigenvalue weighted by molar-refractivity contribution is 1.20. The molecule has 0 saturated heterocycles. The van der Waals surface area contributed by atoms with E-state index in [4.69, 9.17) is 0 Å². The molecule has 0 unspecified atom stereocenters. The molecule has 1 aromatic heterocycles. The minimum atomic E-state index is 0.808. The molecule has 0 bridgehead atoms. The van der Waals surface area contributed by atoms with Gasteiger partial charge in [0.25, 0.3) is 0 Å². The molecule has 0 fully saturated rings. The largest absolute Gasteiger partial charge is 0.137 e. The molecule has 0 spiro atoms. The molecule has 0 aliphatic rings. The highest BCUT2D eigenvalue weighted by Crippen LogP contribution is 2.11. The Labute approximate surface area is 56.3 Å². The summed E-state index contributed by atoms with van der Waals surface area (Å²) in [7, 11) is 0. The lowest BCUT2D eigenvalue weighted by atomic mass is 10.3. The van der Waals surface area contributed by atoms with Crippen molar-refractivity contribution in [2.24, 2.45) is 0 Å². The summed E-state index contributed by atoms with van der Waals surface area (Å²) in [6, 6.07) is 9.52. The van der Waals surface area contributed by atoms with Gasteiger partial charge in [-0.3, -0.25) is 0 Å². The van der Waals surface area contributed by atoms with E-state index in [9.17, 15) is 0 Å². The average molecular weight is 134 g/mol. The molecule has 9 heavy (non-hydrogen) atoms. The molecule has 3 heteroatoms. The van der Waals surface area contributed by atoms with Crippen LogP contribution in [0.4, 0.5) is 0 Å². The van der Waals surface area contributed by atoms with Gasteiger partial charge in [0.2, 0.25) is 0 Å². The Hall–Kier alpha value is -0.960. The second-order valence-electron chi connectivity index (χ2n) is 1.57. The Kier molecular flexibility index (Phi) is 0.960. The van der Waals surface area contributed by atoms with E-state index < -0.39 is 0 Å². The van der Waals surface area contributed by atoms with E-state index >= 15 is 0 Å². The molecule has 0 saturated carbocycles. The van der Waals surface area contributed by atoms with E-state index in [1.54, 1.807) is 6.07 Å². The molecule has 2 radical (unpaired) electrons. The van der Waals surface area contributed by atoms with Crippen LogP contribution in [-0.2, 0) is 0 Å². The van der Waals surface area contributed by atoms with Crippen LogP contribution in [0.25, 0.3) is 10.2 Å². The maximum atomic E-state index is 3.80. The number of benzene rings is 1. The molecule has 1 aromatic carbocycles. The van der Waals surface area contributed by atoms with Gasteiger partial charge in [0.1, 0.15) is 5.52 Å². The molecular formula is C6H2N2S. The van der Waals surface area contributed by atoms with Crippen molar-refractivity contribution >= 4 is 21.7 Å². The van der Waals surface area contributed by atoms with E-state index in [-0.39, 0.29) is 0 Å². The van der Waals surface area contributed by atoms with Crippen LogP contribution >= 0.6 is 11.5 Å². The molecule has 0 N–H and O–H groups in total. The van der Waals surface area contributed by atoms with Crippen LogP contribution in [0.2, 0.25) is 0 Å². The summed E-state index contributed by atoms with van der Waals surface area (Å²) in [5.74, 6) is 0. The summed E-state index contributed by atoms with van der Waals surface area (Å²) in [5.41, 5.74) is 0.808. The van der Waals surface area contributed by atoms with Crippen LogP contribution in [0.5, 0.6) is 0 Å². The first-order valence-electron chi connectivity index (χ1n) is 2.47. The van der Waals surface area contributed by atoms with Crippen molar-refractivity contribution in [1.82, 2.24) is 9.59 Å². The fourth-order valence-electron chi connectivity index (χ4n) is 0.618. The molecule has 42 valence electrons. The molecule has 2 aromatic rings. The second kappa shape index (κ2) is 1.77. The minimum absolute atomic E-state index is 0.808. The van der Waals surface area contributed by atoms with Crippen molar-refractivity contribution in [2.45, 2.75) is 0 Å². The summed E-state index contributed by atoms with van der Waals surface area (Å²) in [4.78, 5) is 0. The van der Waals surface area contributed by atoms with Gasteiger partial charge in [-0.2, -0.15) is 0 Å². The Balaban J connectivity index is 2.95. The average Bonchev–Trinajstić information content (AvgIpc) is 2.33. The minimum Gasteiger partial charge on any atom is -0.137 e. The summed E-state index contributed by atoms with van der Waals surface area (Å²) < 4.78 is 4.70. The Bertz CT molecular complexity index is 285. The number of hydrogen-bond donors (Lipinski definition) is 0. The number of nitrogens with zero attached hydrogens (tertiary/aromatic N) is 2. The number of aromatic nitrogens is 2. The van der Waals surface area contributed by atoms with Crippen LogP contribution in [-0.4, -0.2) is 9.59 Å². The Morgan fingerprint density at radius 2 is 2.22 bits per heavy atom. The van der Waals surface area contributed by atoms with E-state index in [1.165, 1.54) is 11.5 Å². The lowest BCUT2D eigenvalue weighted by Gasteiger charge is -1.76. The fourth-order valence-corrected chi connectivity index (χ4v) is 1.13. The van der Waals surface area contributed by atoms with Crippen molar-refractivity contribution in [1.29, 1.82) is 0 Å². The quantitative estimate of drug-likeness (QED) is 0.542. The van der Waals surface area contributed by atoms with Crippen LogP contribution in [0, 0.1) is 12.1 Å². The zero-order chi connectivity index (χ0) is 6.10. The van der Waals surface area contributed by atoms with Crippen LogP contribution in [0.3, 0.4) is 0 Å². The van der Waals surface area contributed by atoms with Crippen molar-refractivity contribution in [2.75, 3.05) is 0 Å². The van der Waals surface area contributed by atoms with Gasteiger partial charge < -0.3 is 0 Å². The molecule has 0 atom stereocenters. The fraction of sp³-hybridized carbons (Fsp3) is 0. The van der Waals surface area contributed by atoms with Gasteiger partial charge in [0.05, 0.1) is 4.70 Å². The predicted molar refractivity (Wildman–Crippen MR) is 35.1 cm³/mol. The van der Waals surface area contributed by atoms with Gasteiger partial charge >= 0.3 is 0 Å². The number of rotatable bonds is 0. The van der Waals surface area contributed by atoms with E-state index in [2.05, 4.69) is 21.7 Å². The van der Waals surface area contributed by atoms with Crippen molar-refractivity contribution in [3.63, 3.8) is 0 Å². The molecular weight excluding hydrogens is 132 g/mol. The van der Waals surface area contributed by atoms with Gasteiger partial charge in [0.15, 0.2) is 0 Å². The third-order valence-electron chi connectivity index (χ3n) is 1.01. The second-order valence-corrected chi connectivity index (χ2v) is 2.33. The van der Waals surface area contributed by atoms with Gasteiger partial charge in [-0.15, -0.1) is 5.10 Å². The maximum Gasteiger partial charge on any atom is 0.114 e. The van der Waals surface area contributed by atoms with E-state index in [0.717, 1.165) is 10.2 Å². The first kappa shape index (κ1) is 4.88. The Morgan fingerprint density at radius 1 is 1.33 bits per heavy atom. The standard InChI is InChI=1S/C6H2N2S/c1-2-4-6-5(3-1)7-8-9-6/h1-2H. The topological polar surface area (TPSA) is 25.8 Å². The molecule has 2 rings (SSSR count). The summed E-state index contributed by atoms with van der Waals surface area (Å²) in [6.45, 7) is 0. The third kappa shape index (κ3) is 0.695. The van der Waals surface area contributed by atoms with Gasteiger partial charge in [-0.05, 0) is 11.5 Å². The Morgan fingerprint density at radius 3 is 3.11 bits per heavy atom. The summed E-state index contributed by atoms with van der Waals surface area (Å²) >= 11 is 1.34. The zero-order valence-electron chi connectivity index (χ0n) is 4.46. The molecule has 2 nitrogen and oxygen atoms in total. The van der Waals surface area contributed by atoms with Gasteiger partial charge in [-0.1, -0.05) is 16.6 Å². The molecule has 1 heterocycles. The summed E-state index contributed by atoms with van der Waals surface area (Å²) in [5, 5.41) is 3.80. The molecule has 0 aliphatic heterocycles. The summed E-state index contributed by atoms with van der Waals surface area (Å²) in [6.07, 6.45) is 0. The van der Waals surface area contributed by atoms with Crippen LogP contribution < -0.4 is 0 Å². The predicted octanol–water partition coefficient (Wildman–Crippen LogP) is 1.29. The van der Waals surface area contributed by atoms with E-state index in [1.807, 2.05) is 6.07 Å². The van der Waals surface area contributed by atoms with Crippen LogP contribution in [0.15, 0.2) is 12.1 Å². The van der Waals surface area contributed by atoms with Crippen molar-refractivity contribution in [3.05, 3.63) is 24.3 Å². The first-order chi connectivity index (χ1) is 4.47. The van der Waals surface area contributed by atoms with Crippen molar-refractivity contribution < 1.29 is 0 Å². The highest BCUT2D eigenvalue weighted by molar-refractivity contribution is 7.12. The van der Waals surface area contributed by atoms with Crippen LogP contribution in [0.1, 0.15) is 0 Å². The van der Waals surface area contributed by atoms with Gasteiger partial charge in [-0.25, -0.2) is 0 Å². The first-order valence-corrected chi connectivity index (χ1v) is 3.24. The smallest absolute Gasteiger partial charge is 0.114 e. The number of hydrogen-bond acceptors (Lipinski definition) is 3. The number of fused-ring (bicyclic) bond motifs is 1. The third-order valence-corrected chi connectivity index (χ3v) is 1.66. The maximum absolute atomic E-state index is 3.80. The van der Waals surface area contributed by atoms with E-state index in [0.29, 0.717) is 0 Å². The van der Waals surface area contributed by atoms with Crippen molar-refractivity contribution in [3.8, 4) is 0 Å². The SMILES string of the molecule is [c]1cc[c]c2snnc12.